The van der Waals surface area contributed by atoms with Crippen molar-refractivity contribution in [1.29, 1.82) is 0 Å². The lowest BCUT2D eigenvalue weighted by Crippen LogP contribution is -2.03. The van der Waals surface area contributed by atoms with Gasteiger partial charge in [-0.2, -0.15) is 18.3 Å². The highest BCUT2D eigenvalue weighted by Gasteiger charge is 2.30. The van der Waals surface area contributed by atoms with Crippen molar-refractivity contribution in [3.05, 3.63) is 72.3 Å². The first kappa shape index (κ1) is 20.8. The van der Waals surface area contributed by atoms with Crippen LogP contribution in [0.1, 0.15) is 5.56 Å². The molecule has 0 saturated heterocycles. The Labute approximate surface area is 179 Å². The summed E-state index contributed by atoms with van der Waals surface area (Å²) in [5, 5.41) is 18.9. The van der Waals surface area contributed by atoms with Gasteiger partial charge in [-0.3, -0.25) is 0 Å². The largest absolute Gasteiger partial charge is 0.497 e. The number of rotatable bonds is 5. The number of aromatic amines is 1. The van der Waals surface area contributed by atoms with Gasteiger partial charge in [0.15, 0.2) is 5.69 Å². The zero-order valence-corrected chi connectivity index (χ0v) is 17.0. The highest BCUT2D eigenvalue weighted by molar-refractivity contribution is 7.99. The molecular formula is C22H16F3N3O2S. The number of methoxy groups -OCH3 is 1. The molecule has 0 aliphatic heterocycles. The topological polar surface area (TPSA) is 70.0 Å². The maximum Gasteiger partial charge on any atom is 0.416 e. The number of nitrogens with one attached hydrogen (secondary N) is 1. The van der Waals surface area contributed by atoms with Crippen molar-refractivity contribution < 1.29 is 23.0 Å². The molecule has 0 aliphatic rings. The van der Waals surface area contributed by atoms with E-state index in [4.69, 9.17) is 4.74 Å². The number of aromatic hydroxyl groups is 1. The molecule has 9 heteroatoms. The fourth-order valence-electron chi connectivity index (χ4n) is 2.99. The van der Waals surface area contributed by atoms with Gasteiger partial charge in [-0.1, -0.05) is 23.9 Å². The van der Waals surface area contributed by atoms with Crippen LogP contribution in [0.15, 0.2) is 86.7 Å². The van der Waals surface area contributed by atoms with Crippen LogP contribution in [0.5, 0.6) is 11.6 Å². The third-order valence-electron chi connectivity index (χ3n) is 4.47. The van der Waals surface area contributed by atoms with Crippen LogP contribution in [0.2, 0.25) is 0 Å². The predicted molar refractivity (Wildman–Crippen MR) is 113 cm³/mol. The molecule has 1 heterocycles. The Morgan fingerprint density at radius 1 is 0.968 bits per heavy atom. The predicted octanol–water partition coefficient (Wildman–Crippen LogP) is 7.47. The molecule has 3 aromatic carbocycles. The number of ether oxygens (including phenoxy) is 1. The quantitative estimate of drug-likeness (QED) is 0.314. The zero-order chi connectivity index (χ0) is 22.0. The Morgan fingerprint density at radius 2 is 1.71 bits per heavy atom. The van der Waals surface area contributed by atoms with Gasteiger partial charge in [0.2, 0.25) is 5.88 Å². The van der Waals surface area contributed by atoms with Crippen LogP contribution in [0.4, 0.5) is 24.5 Å². The molecule has 4 aromatic rings. The van der Waals surface area contributed by atoms with E-state index in [-0.39, 0.29) is 17.3 Å². The van der Waals surface area contributed by atoms with Gasteiger partial charge in [0.05, 0.1) is 23.9 Å². The lowest BCUT2D eigenvalue weighted by Gasteiger charge is -2.06. The minimum atomic E-state index is -4.48. The van der Waals surface area contributed by atoms with Gasteiger partial charge in [-0.05, 0) is 54.6 Å². The third-order valence-corrected chi connectivity index (χ3v) is 5.53. The number of fused-ring (bicyclic) bond motifs is 1. The van der Waals surface area contributed by atoms with Crippen molar-refractivity contribution >= 4 is 34.0 Å². The molecule has 158 valence electrons. The summed E-state index contributed by atoms with van der Waals surface area (Å²) < 4.78 is 44.0. The smallest absolute Gasteiger partial charge is 0.416 e. The summed E-state index contributed by atoms with van der Waals surface area (Å²) in [7, 11) is 1.59. The number of halogens is 3. The number of H-pyrrole nitrogens is 1. The monoisotopic (exact) mass is 443 g/mol. The van der Waals surface area contributed by atoms with Gasteiger partial charge in [-0.25, -0.2) is 0 Å². The first-order valence-electron chi connectivity index (χ1n) is 9.10. The number of hydrogen-bond acceptors (Lipinski definition) is 5. The molecule has 0 spiro atoms. The molecule has 0 unspecified atom stereocenters. The number of hydrogen-bond donors (Lipinski definition) is 2. The Bertz CT molecular complexity index is 1250. The maximum atomic E-state index is 12.9. The first-order chi connectivity index (χ1) is 14.8. The molecule has 0 atom stereocenters. The molecule has 31 heavy (non-hydrogen) atoms. The second kappa shape index (κ2) is 8.35. The number of alkyl halides is 3. The van der Waals surface area contributed by atoms with E-state index in [2.05, 4.69) is 15.2 Å². The van der Waals surface area contributed by atoms with Crippen molar-refractivity contribution in [2.75, 3.05) is 7.11 Å². The SMILES string of the molecule is COc1ccc(Sc2cccc3[nH]c(O)c(N=Nc4cccc(C(F)(F)F)c4)c23)cc1. The lowest BCUT2D eigenvalue weighted by atomic mass is 10.2. The molecule has 0 radical (unpaired) electrons. The zero-order valence-electron chi connectivity index (χ0n) is 16.1. The molecule has 0 bridgehead atoms. The molecule has 1 aromatic heterocycles. The lowest BCUT2D eigenvalue weighted by molar-refractivity contribution is -0.137. The van der Waals surface area contributed by atoms with E-state index < -0.39 is 11.7 Å². The van der Waals surface area contributed by atoms with Crippen molar-refractivity contribution in [3.63, 3.8) is 0 Å². The Hall–Kier alpha value is -3.46. The maximum absolute atomic E-state index is 12.9. The molecule has 0 saturated carbocycles. The van der Waals surface area contributed by atoms with Crippen LogP contribution in [-0.4, -0.2) is 17.2 Å². The summed E-state index contributed by atoms with van der Waals surface area (Å²) in [4.78, 5) is 4.57. The van der Waals surface area contributed by atoms with Crippen LogP contribution in [-0.2, 0) is 6.18 Å². The van der Waals surface area contributed by atoms with Gasteiger partial charge < -0.3 is 14.8 Å². The van der Waals surface area contributed by atoms with E-state index in [1.54, 1.807) is 13.2 Å². The molecule has 0 aliphatic carbocycles. The van der Waals surface area contributed by atoms with E-state index in [9.17, 15) is 18.3 Å². The van der Waals surface area contributed by atoms with E-state index in [1.807, 2.05) is 36.4 Å². The van der Waals surface area contributed by atoms with Gasteiger partial charge in [0, 0.05) is 15.2 Å². The van der Waals surface area contributed by atoms with Crippen molar-refractivity contribution in [2.24, 2.45) is 10.2 Å². The van der Waals surface area contributed by atoms with Gasteiger partial charge in [0.1, 0.15) is 5.75 Å². The van der Waals surface area contributed by atoms with Gasteiger partial charge in [0.25, 0.3) is 0 Å². The first-order valence-corrected chi connectivity index (χ1v) is 9.91. The summed E-state index contributed by atoms with van der Waals surface area (Å²) >= 11 is 1.45. The van der Waals surface area contributed by atoms with E-state index in [1.165, 1.54) is 23.9 Å². The average molecular weight is 443 g/mol. The van der Waals surface area contributed by atoms with Crippen LogP contribution in [0, 0.1) is 0 Å². The third kappa shape index (κ3) is 4.51. The van der Waals surface area contributed by atoms with Crippen molar-refractivity contribution in [2.45, 2.75) is 16.0 Å². The van der Waals surface area contributed by atoms with Crippen LogP contribution in [0.25, 0.3) is 10.9 Å². The summed E-state index contributed by atoms with van der Waals surface area (Å²) in [6, 6.07) is 17.5. The Morgan fingerprint density at radius 3 is 2.42 bits per heavy atom. The highest BCUT2D eigenvalue weighted by Crippen LogP contribution is 2.43. The van der Waals surface area contributed by atoms with Crippen molar-refractivity contribution in [1.82, 2.24) is 4.98 Å². The van der Waals surface area contributed by atoms with Crippen LogP contribution < -0.4 is 4.74 Å². The minimum Gasteiger partial charge on any atom is -0.497 e. The fraction of sp³-hybridized carbons (Fsp3) is 0.0909. The number of azo groups is 1. The second-order valence-corrected chi connectivity index (χ2v) is 7.64. The second-order valence-electron chi connectivity index (χ2n) is 6.53. The summed E-state index contributed by atoms with van der Waals surface area (Å²) in [6.07, 6.45) is -4.48. The number of aromatic nitrogens is 1. The summed E-state index contributed by atoms with van der Waals surface area (Å²) in [6.45, 7) is 0. The molecule has 0 fully saturated rings. The molecular weight excluding hydrogens is 427 g/mol. The normalized spacial score (nSPS) is 12.0. The minimum absolute atomic E-state index is 0.0314. The number of nitrogens with zero attached hydrogens (tertiary/aromatic N) is 2. The molecule has 2 N–H and O–H groups in total. The van der Waals surface area contributed by atoms with Crippen LogP contribution >= 0.6 is 11.8 Å². The summed E-state index contributed by atoms with van der Waals surface area (Å²) in [5.74, 6) is 0.519. The van der Waals surface area contributed by atoms with E-state index in [0.717, 1.165) is 27.7 Å². The summed E-state index contributed by atoms with van der Waals surface area (Å²) in [5.41, 5.74) is 0.00439. The average Bonchev–Trinajstić information content (AvgIpc) is 3.08. The molecule has 0 amide bonds. The Kier molecular flexibility index (Phi) is 5.60. The standard InChI is InChI=1S/C22H16F3N3O2S/c1-30-15-8-10-16(11-9-15)31-18-7-3-6-17-19(18)20(21(29)26-17)28-27-14-5-2-4-13(12-14)22(23,24)25/h2-12,26,29H,1H3. The van der Waals surface area contributed by atoms with Crippen LogP contribution in [0.3, 0.4) is 0 Å². The highest BCUT2D eigenvalue weighted by atomic mass is 32.2. The fourth-order valence-corrected chi connectivity index (χ4v) is 3.97. The van der Waals surface area contributed by atoms with E-state index >= 15 is 0 Å². The van der Waals surface area contributed by atoms with E-state index in [0.29, 0.717) is 10.9 Å². The Balaban J connectivity index is 1.71. The number of benzene rings is 3. The molecule has 4 rings (SSSR count). The van der Waals surface area contributed by atoms with Gasteiger partial charge >= 0.3 is 6.18 Å². The van der Waals surface area contributed by atoms with Gasteiger partial charge in [-0.15, -0.1) is 5.11 Å². The molecule has 5 nitrogen and oxygen atoms in total. The van der Waals surface area contributed by atoms with Crippen molar-refractivity contribution in [3.8, 4) is 11.6 Å².